The molecule has 0 atom stereocenters. The first-order chi connectivity index (χ1) is 5.43. The minimum absolute atomic E-state index is 0.469. The van der Waals surface area contributed by atoms with Crippen LogP contribution in [0.2, 0.25) is 0 Å². The monoisotopic (exact) mass is 150 g/mol. The molecule has 0 unspecified atom stereocenters. The van der Waals surface area contributed by atoms with E-state index in [0.29, 0.717) is 12.5 Å². The molecule has 1 rings (SSSR count). The van der Waals surface area contributed by atoms with Crippen LogP contribution in [0.15, 0.2) is 4.99 Å². The second kappa shape index (κ2) is 4.90. The van der Waals surface area contributed by atoms with Gasteiger partial charge in [0.1, 0.15) is 0 Å². The normalized spacial score (nSPS) is 20.3. The molecule has 2 heteroatoms. The first-order valence-electron chi connectivity index (χ1n) is 4.32. The highest BCUT2D eigenvalue weighted by Gasteiger charge is 2.09. The van der Waals surface area contributed by atoms with Crippen LogP contribution in [-0.4, -0.2) is 12.3 Å². The fraction of sp³-hybridized carbons (Fsp3) is 0.778. The molecule has 0 amide bonds. The van der Waals surface area contributed by atoms with Gasteiger partial charge in [0.2, 0.25) is 0 Å². The van der Waals surface area contributed by atoms with E-state index in [9.17, 15) is 0 Å². The molecule has 1 aliphatic carbocycles. The van der Waals surface area contributed by atoms with Crippen molar-refractivity contribution in [3.63, 3.8) is 0 Å². The van der Waals surface area contributed by atoms with Gasteiger partial charge in [0.15, 0.2) is 0 Å². The van der Waals surface area contributed by atoms with Gasteiger partial charge in [-0.15, -0.1) is 0 Å². The van der Waals surface area contributed by atoms with Crippen LogP contribution >= 0.6 is 0 Å². The number of hydrogen-bond acceptors (Lipinski definition) is 2. The predicted octanol–water partition coefficient (Wildman–Crippen LogP) is 2.30. The second-order valence-electron chi connectivity index (χ2n) is 2.99. The fourth-order valence-corrected chi connectivity index (χ4v) is 1.47. The summed E-state index contributed by atoms with van der Waals surface area (Å²) < 4.78 is 0. The van der Waals surface area contributed by atoms with Crippen LogP contribution in [0.3, 0.4) is 0 Å². The number of hydrogen-bond donors (Lipinski definition) is 0. The van der Waals surface area contributed by atoms with Crippen LogP contribution in [0.25, 0.3) is 0 Å². The number of aliphatic imine (C=N–C) groups is 1. The van der Waals surface area contributed by atoms with E-state index in [1.54, 1.807) is 6.21 Å². The number of nitriles is 1. The lowest BCUT2D eigenvalue weighted by Gasteiger charge is -2.16. The lowest BCUT2D eigenvalue weighted by atomic mass is 9.96. The van der Waals surface area contributed by atoms with Gasteiger partial charge < -0.3 is 0 Å². The van der Waals surface area contributed by atoms with E-state index in [0.717, 1.165) is 0 Å². The zero-order chi connectivity index (χ0) is 7.94. The van der Waals surface area contributed by atoms with E-state index in [2.05, 4.69) is 11.1 Å². The lowest BCUT2D eigenvalue weighted by Crippen LogP contribution is -2.09. The van der Waals surface area contributed by atoms with Crippen molar-refractivity contribution in [3.05, 3.63) is 0 Å². The molecule has 2 nitrogen and oxygen atoms in total. The van der Waals surface area contributed by atoms with Gasteiger partial charge in [0.05, 0.1) is 12.5 Å². The van der Waals surface area contributed by atoms with Gasteiger partial charge in [-0.25, -0.2) is 0 Å². The quantitative estimate of drug-likeness (QED) is 0.556. The van der Waals surface area contributed by atoms with Crippen molar-refractivity contribution in [2.45, 2.75) is 44.6 Å². The molecule has 0 aliphatic heterocycles. The molecule has 1 aliphatic rings. The molecule has 1 fully saturated rings. The van der Waals surface area contributed by atoms with Crippen molar-refractivity contribution in [3.8, 4) is 6.07 Å². The first kappa shape index (κ1) is 8.26. The summed E-state index contributed by atoms with van der Waals surface area (Å²) in [4.78, 5) is 4.33. The predicted molar refractivity (Wildman–Crippen MR) is 45.6 cm³/mol. The Labute approximate surface area is 67.9 Å². The number of nitrogens with zero attached hydrogens (tertiary/aromatic N) is 2. The van der Waals surface area contributed by atoms with Gasteiger partial charge in [0.25, 0.3) is 0 Å². The van der Waals surface area contributed by atoms with E-state index in [1.165, 1.54) is 32.1 Å². The van der Waals surface area contributed by atoms with E-state index in [4.69, 9.17) is 5.26 Å². The molecule has 0 saturated heterocycles. The summed E-state index contributed by atoms with van der Waals surface area (Å²) in [7, 11) is 0. The minimum Gasteiger partial charge on any atom is -0.293 e. The molecule has 0 spiro atoms. The van der Waals surface area contributed by atoms with E-state index >= 15 is 0 Å². The van der Waals surface area contributed by atoms with Crippen LogP contribution in [0.4, 0.5) is 0 Å². The molecule has 1 saturated carbocycles. The van der Waals surface area contributed by atoms with Crippen molar-refractivity contribution in [2.75, 3.05) is 0 Å². The van der Waals surface area contributed by atoms with Crippen LogP contribution in [0, 0.1) is 11.3 Å². The van der Waals surface area contributed by atoms with Crippen LogP contribution in [0.5, 0.6) is 0 Å². The Morgan fingerprint density at radius 3 is 2.73 bits per heavy atom. The van der Waals surface area contributed by atoms with Crippen molar-refractivity contribution in [2.24, 2.45) is 4.99 Å². The summed E-state index contributed by atoms with van der Waals surface area (Å²) in [5.74, 6) is 0. The molecule has 0 aromatic rings. The van der Waals surface area contributed by atoms with Gasteiger partial charge >= 0.3 is 0 Å². The van der Waals surface area contributed by atoms with Crippen molar-refractivity contribution >= 4 is 6.21 Å². The average Bonchev–Trinajstić information content (AvgIpc) is 2.07. The third kappa shape index (κ3) is 3.18. The molecular formula is C9H14N2. The Hall–Kier alpha value is -0.840. The maximum atomic E-state index is 8.25. The summed E-state index contributed by atoms with van der Waals surface area (Å²) >= 11 is 0. The topological polar surface area (TPSA) is 36.1 Å². The fourth-order valence-electron chi connectivity index (χ4n) is 1.47. The van der Waals surface area contributed by atoms with Crippen LogP contribution in [0.1, 0.15) is 38.5 Å². The Balaban J connectivity index is 2.19. The Morgan fingerprint density at radius 2 is 2.09 bits per heavy atom. The zero-order valence-electron chi connectivity index (χ0n) is 6.79. The zero-order valence-corrected chi connectivity index (χ0v) is 6.79. The van der Waals surface area contributed by atoms with Crippen molar-refractivity contribution in [1.82, 2.24) is 0 Å². The number of rotatable bonds is 2. The SMILES string of the molecule is N#CCC=NC1CCCCC1. The second-order valence-corrected chi connectivity index (χ2v) is 2.99. The summed E-state index contributed by atoms with van der Waals surface area (Å²) in [6, 6.07) is 2.58. The summed E-state index contributed by atoms with van der Waals surface area (Å²) in [5.41, 5.74) is 0. The van der Waals surface area contributed by atoms with Crippen LogP contribution < -0.4 is 0 Å². The molecule has 0 radical (unpaired) electrons. The van der Waals surface area contributed by atoms with Gasteiger partial charge in [-0.1, -0.05) is 19.3 Å². The van der Waals surface area contributed by atoms with E-state index in [-0.39, 0.29) is 0 Å². The van der Waals surface area contributed by atoms with Gasteiger partial charge in [-0.05, 0) is 12.8 Å². The van der Waals surface area contributed by atoms with Gasteiger partial charge in [0, 0.05) is 12.3 Å². The molecule has 60 valence electrons. The van der Waals surface area contributed by atoms with Crippen molar-refractivity contribution < 1.29 is 0 Å². The molecule has 0 heterocycles. The summed E-state index contributed by atoms with van der Waals surface area (Å²) in [6.07, 6.45) is 8.67. The molecule has 0 aromatic heterocycles. The van der Waals surface area contributed by atoms with Crippen molar-refractivity contribution in [1.29, 1.82) is 5.26 Å². The molecule has 0 aromatic carbocycles. The Morgan fingerprint density at radius 1 is 1.36 bits per heavy atom. The third-order valence-corrected chi connectivity index (χ3v) is 2.07. The lowest BCUT2D eigenvalue weighted by molar-refractivity contribution is 0.444. The van der Waals surface area contributed by atoms with Gasteiger partial charge in [-0.3, -0.25) is 4.99 Å². The standard InChI is InChI=1S/C9H14N2/c10-7-4-8-11-9-5-2-1-3-6-9/h8-9H,1-6H2. The van der Waals surface area contributed by atoms with E-state index in [1.807, 2.05) is 0 Å². The smallest absolute Gasteiger partial charge is 0.0700 e. The molecule has 11 heavy (non-hydrogen) atoms. The average molecular weight is 150 g/mol. The highest BCUT2D eigenvalue weighted by atomic mass is 14.8. The first-order valence-corrected chi connectivity index (χ1v) is 4.32. The largest absolute Gasteiger partial charge is 0.293 e. The molecular weight excluding hydrogens is 136 g/mol. The third-order valence-electron chi connectivity index (χ3n) is 2.07. The maximum Gasteiger partial charge on any atom is 0.0700 e. The summed E-state index contributed by atoms with van der Waals surface area (Å²) in [5, 5.41) is 8.25. The van der Waals surface area contributed by atoms with E-state index < -0.39 is 0 Å². The minimum atomic E-state index is 0.469. The Bertz CT molecular complexity index is 161. The molecule has 0 N–H and O–H groups in total. The highest BCUT2D eigenvalue weighted by molar-refractivity contribution is 5.60. The van der Waals surface area contributed by atoms with Crippen LogP contribution in [-0.2, 0) is 0 Å². The Kier molecular flexibility index (Phi) is 3.68. The van der Waals surface area contributed by atoms with Gasteiger partial charge in [-0.2, -0.15) is 5.26 Å². The summed E-state index contributed by atoms with van der Waals surface area (Å²) in [6.45, 7) is 0. The molecule has 0 bridgehead atoms. The highest BCUT2D eigenvalue weighted by Crippen LogP contribution is 2.19. The maximum absolute atomic E-state index is 8.25.